The van der Waals surface area contributed by atoms with Gasteiger partial charge in [-0.15, -0.1) is 0 Å². The summed E-state index contributed by atoms with van der Waals surface area (Å²) in [7, 11) is 2.91. The van der Waals surface area contributed by atoms with Crippen LogP contribution < -0.4 is 10.1 Å². The number of amides is 1. The van der Waals surface area contributed by atoms with Gasteiger partial charge in [0.2, 0.25) is 0 Å². The van der Waals surface area contributed by atoms with Crippen LogP contribution in [0, 0.1) is 0 Å². The maximum absolute atomic E-state index is 14.0. The number of pyridine rings is 1. The molecule has 2 aromatic carbocycles. The van der Waals surface area contributed by atoms with Gasteiger partial charge in [-0.25, -0.2) is 9.97 Å². The minimum absolute atomic E-state index is 0.120. The molecule has 9 nitrogen and oxygen atoms in total. The summed E-state index contributed by atoms with van der Waals surface area (Å²) in [6.45, 7) is 0.624. The van der Waals surface area contributed by atoms with Crippen LogP contribution in [0.4, 0.5) is 11.5 Å². The number of benzene rings is 2. The molecule has 0 aliphatic heterocycles. The molecule has 0 saturated carbocycles. The molecule has 198 valence electrons. The number of nitrogens with zero attached hydrogens (tertiary/aromatic N) is 4. The Kier molecular flexibility index (Phi) is 9.33. The molecular weight excluding hydrogens is 494 g/mol. The minimum Gasteiger partial charge on any atom is -0.496 e. The molecule has 2 heterocycles. The lowest BCUT2D eigenvalue weighted by Gasteiger charge is -2.23. The predicted octanol–water partition coefficient (Wildman–Crippen LogP) is 5.05. The van der Waals surface area contributed by atoms with Crippen LogP contribution in [0.1, 0.15) is 22.3 Å². The summed E-state index contributed by atoms with van der Waals surface area (Å²) in [5.41, 5.74) is 2.62. The first-order chi connectivity index (χ1) is 19.1. The van der Waals surface area contributed by atoms with Crippen molar-refractivity contribution in [3.63, 3.8) is 0 Å². The topological polar surface area (TPSA) is 107 Å². The second kappa shape index (κ2) is 13.5. The SMILES string of the molecule is COC(=O)C/C=C/CN(Cc1ccccc1)C(=O)c1cnc(-c2cnccc2OC)nc1Nc1ccccc1. The molecule has 0 aliphatic carbocycles. The molecule has 1 N–H and O–H groups in total. The lowest BCUT2D eigenvalue weighted by molar-refractivity contribution is -0.139. The van der Waals surface area contributed by atoms with E-state index in [2.05, 4.69) is 15.3 Å². The third-order valence-corrected chi connectivity index (χ3v) is 5.81. The molecule has 0 saturated heterocycles. The Bertz CT molecular complexity index is 1430. The van der Waals surface area contributed by atoms with Gasteiger partial charge in [-0.05, 0) is 23.8 Å². The zero-order valence-corrected chi connectivity index (χ0v) is 21.8. The van der Waals surface area contributed by atoms with Crippen LogP contribution in [0.3, 0.4) is 0 Å². The Labute approximate surface area is 227 Å². The number of anilines is 2. The van der Waals surface area contributed by atoms with Crippen molar-refractivity contribution in [1.82, 2.24) is 19.9 Å². The van der Waals surface area contributed by atoms with E-state index in [-0.39, 0.29) is 24.8 Å². The summed E-state index contributed by atoms with van der Waals surface area (Å²) in [6, 6.07) is 20.9. The molecule has 9 heteroatoms. The second-order valence-electron chi connectivity index (χ2n) is 8.45. The number of carbonyl (C=O) groups is 2. The van der Waals surface area contributed by atoms with Gasteiger partial charge < -0.3 is 19.7 Å². The zero-order valence-electron chi connectivity index (χ0n) is 21.8. The number of carbonyl (C=O) groups excluding carboxylic acids is 2. The fourth-order valence-corrected chi connectivity index (χ4v) is 3.81. The van der Waals surface area contributed by atoms with Gasteiger partial charge in [0.1, 0.15) is 17.1 Å². The number of hydrogen-bond acceptors (Lipinski definition) is 8. The minimum atomic E-state index is -0.351. The number of hydrogen-bond donors (Lipinski definition) is 1. The maximum atomic E-state index is 14.0. The van der Waals surface area contributed by atoms with Crippen LogP contribution >= 0.6 is 0 Å². The Morgan fingerprint density at radius 1 is 0.949 bits per heavy atom. The molecule has 0 bridgehead atoms. The number of esters is 1. The van der Waals surface area contributed by atoms with Crippen LogP contribution in [-0.2, 0) is 16.1 Å². The molecule has 0 aliphatic rings. The van der Waals surface area contributed by atoms with Crippen LogP contribution in [0.5, 0.6) is 5.75 Å². The van der Waals surface area contributed by atoms with Gasteiger partial charge in [0.05, 0.1) is 26.2 Å². The van der Waals surface area contributed by atoms with E-state index in [0.717, 1.165) is 11.3 Å². The van der Waals surface area contributed by atoms with E-state index in [9.17, 15) is 9.59 Å². The van der Waals surface area contributed by atoms with Crippen molar-refractivity contribution < 1.29 is 19.1 Å². The number of ether oxygens (including phenoxy) is 2. The maximum Gasteiger partial charge on any atom is 0.309 e. The molecular formula is C30H29N5O4. The van der Waals surface area contributed by atoms with Gasteiger partial charge in [-0.2, -0.15) is 0 Å². The van der Waals surface area contributed by atoms with Crippen molar-refractivity contribution in [3.05, 3.63) is 109 Å². The molecule has 39 heavy (non-hydrogen) atoms. The summed E-state index contributed by atoms with van der Waals surface area (Å²) in [4.78, 5) is 40.6. The number of nitrogens with one attached hydrogen (secondary N) is 1. The Morgan fingerprint density at radius 3 is 2.41 bits per heavy atom. The number of rotatable bonds is 11. The number of aromatic nitrogens is 3. The summed E-state index contributed by atoms with van der Waals surface area (Å²) < 4.78 is 10.2. The standard InChI is InChI=1S/C30H29N5O4/c1-38-26-16-17-31-19-24(26)28-32-20-25(29(34-28)33-23-13-7-4-8-14-23)30(37)35(18-10-9-15-27(36)39-2)21-22-11-5-3-6-12-22/h3-14,16-17,19-20H,15,18,21H2,1-2H3,(H,32,33,34)/b10-9+. The molecule has 0 atom stereocenters. The van der Waals surface area contributed by atoms with E-state index in [4.69, 9.17) is 14.5 Å². The number of para-hydroxylation sites is 1. The van der Waals surface area contributed by atoms with E-state index < -0.39 is 0 Å². The van der Waals surface area contributed by atoms with E-state index >= 15 is 0 Å². The third kappa shape index (κ3) is 7.26. The zero-order chi connectivity index (χ0) is 27.5. The molecule has 2 aromatic heterocycles. The lowest BCUT2D eigenvalue weighted by atomic mass is 10.1. The van der Waals surface area contributed by atoms with E-state index in [1.807, 2.05) is 60.7 Å². The summed E-state index contributed by atoms with van der Waals surface area (Å²) in [5.74, 6) is 0.651. The van der Waals surface area contributed by atoms with Crippen LogP contribution in [-0.4, -0.2) is 52.5 Å². The molecule has 1 amide bonds. The van der Waals surface area contributed by atoms with Gasteiger partial charge in [0.25, 0.3) is 5.91 Å². The Morgan fingerprint density at radius 2 is 1.69 bits per heavy atom. The first kappa shape index (κ1) is 27.0. The number of methoxy groups -OCH3 is 2. The predicted molar refractivity (Wildman–Crippen MR) is 148 cm³/mol. The smallest absolute Gasteiger partial charge is 0.309 e. The van der Waals surface area contributed by atoms with Crippen molar-refractivity contribution in [2.75, 3.05) is 26.1 Å². The van der Waals surface area contributed by atoms with Crippen molar-refractivity contribution in [2.45, 2.75) is 13.0 Å². The third-order valence-electron chi connectivity index (χ3n) is 5.81. The first-order valence-electron chi connectivity index (χ1n) is 12.3. The molecule has 0 fully saturated rings. The molecule has 0 unspecified atom stereocenters. The highest BCUT2D eigenvalue weighted by Crippen LogP contribution is 2.29. The molecule has 4 rings (SSSR count). The summed E-state index contributed by atoms with van der Waals surface area (Å²) >= 11 is 0. The highest BCUT2D eigenvalue weighted by molar-refractivity contribution is 5.99. The molecule has 0 spiro atoms. The fourth-order valence-electron chi connectivity index (χ4n) is 3.81. The van der Waals surface area contributed by atoms with Gasteiger partial charge in [0.15, 0.2) is 5.82 Å². The fraction of sp³-hybridized carbons (Fsp3) is 0.167. The monoisotopic (exact) mass is 523 g/mol. The van der Waals surface area contributed by atoms with Crippen molar-refractivity contribution >= 4 is 23.4 Å². The first-order valence-corrected chi connectivity index (χ1v) is 12.3. The Balaban J connectivity index is 1.71. The molecule has 0 radical (unpaired) electrons. The van der Waals surface area contributed by atoms with Crippen molar-refractivity contribution in [2.24, 2.45) is 0 Å². The Hall–Kier alpha value is -5.05. The van der Waals surface area contributed by atoms with E-state index in [1.54, 1.807) is 42.6 Å². The van der Waals surface area contributed by atoms with Gasteiger partial charge in [0, 0.05) is 37.4 Å². The second-order valence-corrected chi connectivity index (χ2v) is 8.45. The van der Waals surface area contributed by atoms with Crippen molar-refractivity contribution in [1.29, 1.82) is 0 Å². The van der Waals surface area contributed by atoms with Gasteiger partial charge in [-0.3, -0.25) is 14.6 Å². The van der Waals surface area contributed by atoms with Crippen LogP contribution in [0.25, 0.3) is 11.4 Å². The van der Waals surface area contributed by atoms with Crippen LogP contribution in [0.15, 0.2) is 97.5 Å². The van der Waals surface area contributed by atoms with Crippen molar-refractivity contribution in [3.8, 4) is 17.1 Å². The average Bonchev–Trinajstić information content (AvgIpc) is 2.99. The normalized spacial score (nSPS) is 10.7. The largest absolute Gasteiger partial charge is 0.496 e. The summed E-state index contributed by atoms with van der Waals surface area (Å²) in [5, 5.41) is 3.27. The van der Waals surface area contributed by atoms with Crippen LogP contribution in [0.2, 0.25) is 0 Å². The highest BCUT2D eigenvalue weighted by Gasteiger charge is 2.22. The van der Waals surface area contributed by atoms with Gasteiger partial charge >= 0.3 is 5.97 Å². The van der Waals surface area contributed by atoms with E-state index in [0.29, 0.717) is 35.1 Å². The highest BCUT2D eigenvalue weighted by atomic mass is 16.5. The van der Waals surface area contributed by atoms with Gasteiger partial charge in [-0.1, -0.05) is 60.7 Å². The lowest BCUT2D eigenvalue weighted by Crippen LogP contribution is -2.31. The molecule has 4 aromatic rings. The average molecular weight is 524 g/mol. The summed E-state index contributed by atoms with van der Waals surface area (Å²) in [6.07, 6.45) is 8.34. The quantitative estimate of drug-likeness (QED) is 0.215. The van der Waals surface area contributed by atoms with E-state index in [1.165, 1.54) is 13.3 Å².